The second-order valence-corrected chi connectivity index (χ2v) is 5.59. The number of hydrogen-bond donors (Lipinski definition) is 1. The van der Waals surface area contributed by atoms with Gasteiger partial charge in [0.05, 0.1) is 0 Å². The summed E-state index contributed by atoms with van der Waals surface area (Å²) in [4.78, 5) is 0. The summed E-state index contributed by atoms with van der Waals surface area (Å²) in [5.74, 6) is 0. The Morgan fingerprint density at radius 3 is 1.00 bits per heavy atom. The Hall–Kier alpha value is -0.560. The van der Waals surface area contributed by atoms with Crippen LogP contribution in [0, 0.1) is 0 Å². The van der Waals surface area contributed by atoms with Crippen LogP contribution in [0.1, 0.15) is 13.8 Å². The van der Waals surface area contributed by atoms with Crippen molar-refractivity contribution in [2.24, 2.45) is 0 Å². The minimum atomic E-state index is -6.60. The zero-order valence-corrected chi connectivity index (χ0v) is 9.85. The Bertz CT molecular complexity index is 390. The lowest BCUT2D eigenvalue weighted by Gasteiger charge is -2.11. The smallest absolute Gasteiger partial charge is 0.202 e. The summed E-state index contributed by atoms with van der Waals surface area (Å²) < 4.78 is 108. The van der Waals surface area contributed by atoms with E-state index in [2.05, 4.69) is 0 Å². The second kappa shape index (κ2) is 5.39. The molecule has 0 saturated heterocycles. The van der Waals surface area contributed by atoms with Gasteiger partial charge in [0.15, 0.2) is 0 Å². The highest BCUT2D eigenvalue weighted by Gasteiger charge is 2.55. The first kappa shape index (κ1) is 18.8. The monoisotopic (exact) mass is 311 g/mol. The van der Waals surface area contributed by atoms with Crippen LogP contribution in [0.15, 0.2) is 0 Å². The highest BCUT2D eigenvalue weighted by Crippen LogP contribution is 2.27. The Labute approximate surface area is 92.9 Å². The van der Waals surface area contributed by atoms with Gasteiger partial charge in [-0.25, -0.2) is 16.8 Å². The van der Waals surface area contributed by atoms with Crippen LogP contribution in [-0.4, -0.2) is 27.9 Å². The lowest BCUT2D eigenvalue weighted by atomic mass is 11.0. The van der Waals surface area contributed by atoms with Gasteiger partial charge in [-0.1, -0.05) is 18.0 Å². The molecule has 0 amide bonds. The van der Waals surface area contributed by atoms with Gasteiger partial charge in [0.1, 0.15) is 0 Å². The van der Waals surface area contributed by atoms with E-state index in [0.717, 1.165) is 0 Å². The van der Waals surface area contributed by atoms with E-state index in [1.54, 1.807) is 0 Å². The maximum atomic E-state index is 11.5. The van der Waals surface area contributed by atoms with E-state index in [9.17, 15) is 43.2 Å². The molecule has 17 heavy (non-hydrogen) atoms. The van der Waals surface area contributed by atoms with Gasteiger partial charge in [-0.2, -0.15) is 26.3 Å². The molecule has 5 nitrogen and oxygen atoms in total. The van der Waals surface area contributed by atoms with Gasteiger partial charge in [0.2, 0.25) is 0 Å². The predicted molar refractivity (Wildman–Crippen MR) is 44.4 cm³/mol. The van der Waals surface area contributed by atoms with Gasteiger partial charge in [0.25, 0.3) is 0 Å². The molecule has 0 aliphatic rings. The van der Waals surface area contributed by atoms with Crippen molar-refractivity contribution >= 4 is 20.0 Å². The number of nitrogens with one attached hydrogen (secondary N) is 1. The molecule has 106 valence electrons. The molecule has 13 heteroatoms. The van der Waals surface area contributed by atoms with Crippen molar-refractivity contribution in [3.8, 4) is 0 Å². The molecule has 0 bridgehead atoms. The van der Waals surface area contributed by atoms with Crippen molar-refractivity contribution < 1.29 is 43.2 Å². The summed E-state index contributed by atoms with van der Waals surface area (Å²) >= 11 is 0. The minimum Gasteiger partial charge on any atom is -0.202 e. The standard InChI is InChI=1S/C2HF6NO4S2.C2H6/c3-1(4,5)14(10,11)9-15(12,13)2(6,7)8;1-2/h9H;1-2H3. The maximum absolute atomic E-state index is 11.5. The van der Waals surface area contributed by atoms with Gasteiger partial charge in [-0.3, -0.25) is 0 Å². The molecule has 0 unspecified atom stereocenters. The fourth-order valence-corrected chi connectivity index (χ4v) is 2.15. The van der Waals surface area contributed by atoms with Crippen LogP contribution in [0.3, 0.4) is 0 Å². The summed E-state index contributed by atoms with van der Waals surface area (Å²) in [6.07, 6.45) is 0. The van der Waals surface area contributed by atoms with Gasteiger partial charge < -0.3 is 0 Å². The third-order valence-corrected chi connectivity index (χ3v) is 3.80. The molecular formula is C4H7F6NO4S2. The number of sulfonamides is 2. The molecular weight excluding hydrogens is 304 g/mol. The average molecular weight is 311 g/mol. The third-order valence-electron chi connectivity index (χ3n) is 0.829. The van der Waals surface area contributed by atoms with Gasteiger partial charge in [0, 0.05) is 0 Å². The number of halogens is 6. The number of hydrogen-bond acceptors (Lipinski definition) is 4. The third kappa shape index (κ3) is 5.08. The Kier molecular flexibility index (Phi) is 5.96. The highest BCUT2D eigenvalue weighted by atomic mass is 32.3. The van der Waals surface area contributed by atoms with Crippen LogP contribution in [-0.2, 0) is 20.0 Å². The van der Waals surface area contributed by atoms with E-state index in [0.29, 0.717) is 0 Å². The molecule has 0 saturated carbocycles. The van der Waals surface area contributed by atoms with Crippen molar-refractivity contribution in [3.05, 3.63) is 0 Å². The van der Waals surface area contributed by atoms with Crippen LogP contribution in [0.4, 0.5) is 26.3 Å². The largest absolute Gasteiger partial charge is 0.512 e. The molecule has 0 rings (SSSR count). The molecule has 0 aliphatic carbocycles. The van der Waals surface area contributed by atoms with Crippen molar-refractivity contribution in [1.29, 1.82) is 0 Å². The van der Waals surface area contributed by atoms with E-state index >= 15 is 0 Å². The van der Waals surface area contributed by atoms with E-state index in [4.69, 9.17) is 0 Å². The molecule has 0 fully saturated rings. The van der Waals surface area contributed by atoms with E-state index in [1.165, 1.54) is 0 Å². The van der Waals surface area contributed by atoms with E-state index < -0.39 is 35.2 Å². The normalized spacial score (nSPS) is 13.9. The quantitative estimate of drug-likeness (QED) is 0.780. The predicted octanol–water partition coefficient (Wildman–Crippen LogP) is 1.30. The summed E-state index contributed by atoms with van der Waals surface area (Å²) in [7, 11) is -13.2. The molecule has 0 radical (unpaired) electrons. The average Bonchev–Trinajstić information content (AvgIpc) is 2.01. The van der Waals surface area contributed by atoms with Crippen molar-refractivity contribution in [2.75, 3.05) is 0 Å². The lowest BCUT2D eigenvalue weighted by Crippen LogP contribution is -2.45. The van der Waals surface area contributed by atoms with Crippen molar-refractivity contribution in [1.82, 2.24) is 4.13 Å². The van der Waals surface area contributed by atoms with Crippen LogP contribution in [0.2, 0.25) is 0 Å². The first-order valence-electron chi connectivity index (χ1n) is 3.62. The molecule has 0 aliphatic heterocycles. The zero-order valence-electron chi connectivity index (χ0n) is 8.22. The topological polar surface area (TPSA) is 80.3 Å². The molecule has 0 aromatic carbocycles. The van der Waals surface area contributed by atoms with E-state index in [1.807, 2.05) is 13.8 Å². The van der Waals surface area contributed by atoms with Crippen molar-refractivity contribution in [3.63, 3.8) is 0 Å². The first-order valence-corrected chi connectivity index (χ1v) is 6.58. The van der Waals surface area contributed by atoms with Crippen LogP contribution in [0.25, 0.3) is 0 Å². The Balaban J connectivity index is 0. The molecule has 0 spiro atoms. The fourth-order valence-electron chi connectivity index (χ4n) is 0.239. The second-order valence-electron chi connectivity index (χ2n) is 1.98. The van der Waals surface area contributed by atoms with Gasteiger partial charge in [-0.05, 0) is 0 Å². The molecule has 0 heterocycles. The summed E-state index contributed by atoms with van der Waals surface area (Å²) in [5.41, 5.74) is -12.3. The molecule has 0 aromatic rings. The first-order chi connectivity index (χ1) is 7.21. The number of alkyl halides is 6. The molecule has 0 aromatic heterocycles. The Morgan fingerprint density at radius 1 is 0.706 bits per heavy atom. The minimum absolute atomic E-state index is 0.493. The zero-order chi connectivity index (χ0) is 14.7. The fraction of sp³-hybridized carbons (Fsp3) is 1.00. The van der Waals surface area contributed by atoms with Crippen LogP contribution >= 0.6 is 0 Å². The van der Waals surface area contributed by atoms with Crippen molar-refractivity contribution in [2.45, 2.75) is 24.9 Å². The summed E-state index contributed by atoms with van der Waals surface area (Å²) in [5, 5.41) is 0. The van der Waals surface area contributed by atoms with Crippen LogP contribution < -0.4 is 4.13 Å². The summed E-state index contributed by atoms with van der Waals surface area (Å²) in [6.45, 7) is 4.00. The van der Waals surface area contributed by atoms with Crippen LogP contribution in [0.5, 0.6) is 0 Å². The Morgan fingerprint density at radius 2 is 0.882 bits per heavy atom. The lowest BCUT2D eigenvalue weighted by molar-refractivity contribution is -0.0476. The van der Waals surface area contributed by atoms with Gasteiger partial charge >= 0.3 is 31.1 Å². The van der Waals surface area contributed by atoms with E-state index in [-0.39, 0.29) is 0 Å². The molecule has 0 atom stereocenters. The SMILES string of the molecule is CC.O=S(=O)(NS(=O)(=O)C(F)(F)F)C(F)(F)F. The highest BCUT2D eigenvalue weighted by molar-refractivity contribution is 8.05. The molecule has 1 N–H and O–H groups in total. The number of rotatable bonds is 2. The maximum Gasteiger partial charge on any atom is 0.512 e. The summed E-state index contributed by atoms with van der Waals surface area (Å²) in [6, 6.07) is 0. The van der Waals surface area contributed by atoms with Gasteiger partial charge in [-0.15, -0.1) is 0 Å².